The third kappa shape index (κ3) is 4.08. The predicted molar refractivity (Wildman–Crippen MR) is 93.5 cm³/mol. The predicted octanol–water partition coefficient (Wildman–Crippen LogP) is 2.62. The molecular formula is C19H29NO4. The highest BCUT2D eigenvalue weighted by Gasteiger charge is 2.48. The van der Waals surface area contributed by atoms with Gasteiger partial charge in [0.2, 0.25) is 0 Å². The van der Waals surface area contributed by atoms with E-state index in [0.717, 1.165) is 17.7 Å². The van der Waals surface area contributed by atoms with Crippen LogP contribution in [0.25, 0.3) is 0 Å². The van der Waals surface area contributed by atoms with Gasteiger partial charge in [0.25, 0.3) is 0 Å². The Kier molecular flexibility index (Phi) is 6.24. The van der Waals surface area contributed by atoms with E-state index in [9.17, 15) is 15.0 Å². The number of aryl methyl sites for hydroxylation is 2. The Morgan fingerprint density at radius 1 is 1.42 bits per heavy atom. The first-order valence-electron chi connectivity index (χ1n) is 8.73. The summed E-state index contributed by atoms with van der Waals surface area (Å²) in [5, 5.41) is 19.9. The van der Waals surface area contributed by atoms with Gasteiger partial charge >= 0.3 is 5.97 Å². The molecule has 0 spiro atoms. The first kappa shape index (κ1) is 18.7. The van der Waals surface area contributed by atoms with Gasteiger partial charge in [-0.2, -0.15) is 0 Å². The number of piperidine rings is 1. The fraction of sp³-hybridized carbons (Fsp3) is 0.632. The lowest BCUT2D eigenvalue weighted by Crippen LogP contribution is -2.56. The Hall–Kier alpha value is -1.59. The Labute approximate surface area is 144 Å². The molecular weight excluding hydrogens is 306 g/mol. The van der Waals surface area contributed by atoms with Gasteiger partial charge in [0, 0.05) is 19.6 Å². The minimum absolute atomic E-state index is 0.383. The molecule has 1 heterocycles. The summed E-state index contributed by atoms with van der Waals surface area (Å²) in [6, 6.07) is 6.09. The van der Waals surface area contributed by atoms with Gasteiger partial charge in [0.15, 0.2) is 0 Å². The highest BCUT2D eigenvalue weighted by Crippen LogP contribution is 2.35. The summed E-state index contributed by atoms with van der Waals surface area (Å²) in [5.41, 5.74) is 1.26. The van der Waals surface area contributed by atoms with Crippen LogP contribution in [0.2, 0.25) is 0 Å². The fourth-order valence-electron chi connectivity index (χ4n) is 3.61. The number of carboxylic acid groups (broad SMARTS) is 1. The van der Waals surface area contributed by atoms with Gasteiger partial charge in [-0.1, -0.05) is 31.0 Å². The molecule has 0 aliphatic carbocycles. The summed E-state index contributed by atoms with van der Waals surface area (Å²) < 4.78 is 5.86. The van der Waals surface area contributed by atoms with Crippen LogP contribution in [0.3, 0.4) is 0 Å². The van der Waals surface area contributed by atoms with Gasteiger partial charge in [-0.25, -0.2) is 0 Å². The quantitative estimate of drug-likeness (QED) is 0.801. The lowest BCUT2D eigenvalue weighted by molar-refractivity contribution is -0.164. The number of hydrogen-bond acceptors (Lipinski definition) is 4. The van der Waals surface area contributed by atoms with Crippen molar-refractivity contribution >= 4 is 5.97 Å². The molecule has 1 fully saturated rings. The van der Waals surface area contributed by atoms with E-state index in [1.165, 1.54) is 5.56 Å². The van der Waals surface area contributed by atoms with Crippen LogP contribution in [-0.2, 0) is 4.79 Å². The van der Waals surface area contributed by atoms with Crippen molar-refractivity contribution in [3.05, 3.63) is 29.3 Å². The first-order chi connectivity index (χ1) is 11.4. The average Bonchev–Trinajstić information content (AvgIpc) is 2.52. The number of carbonyl (C=O) groups is 1. The summed E-state index contributed by atoms with van der Waals surface area (Å²) >= 11 is 0. The van der Waals surface area contributed by atoms with Crippen LogP contribution in [0.15, 0.2) is 18.2 Å². The SMILES string of the molecule is CCC[C@]1(C(=O)O)CN(CCOc2ccc(C)cc2C)CC[C@@H]1O. The molecule has 1 saturated heterocycles. The molecule has 5 nitrogen and oxygen atoms in total. The normalized spacial score (nSPS) is 24.8. The van der Waals surface area contributed by atoms with Gasteiger partial charge in [0.05, 0.1) is 6.10 Å². The molecule has 1 aromatic carbocycles. The molecule has 0 unspecified atom stereocenters. The molecule has 2 rings (SSSR count). The molecule has 0 saturated carbocycles. The number of nitrogens with zero attached hydrogens (tertiary/aromatic N) is 1. The number of aliphatic hydroxyl groups is 1. The van der Waals surface area contributed by atoms with Gasteiger partial charge in [-0.3, -0.25) is 9.69 Å². The van der Waals surface area contributed by atoms with Crippen LogP contribution < -0.4 is 4.74 Å². The third-order valence-electron chi connectivity index (χ3n) is 4.98. The van der Waals surface area contributed by atoms with Crippen molar-refractivity contribution in [3.8, 4) is 5.75 Å². The number of benzene rings is 1. The molecule has 1 aliphatic rings. The number of carboxylic acids is 1. The zero-order valence-corrected chi connectivity index (χ0v) is 14.9. The van der Waals surface area contributed by atoms with Crippen LogP contribution in [0.4, 0.5) is 0 Å². The molecule has 1 aliphatic heterocycles. The standard InChI is InChI=1S/C19H29NO4/c1-4-8-19(18(22)23)13-20(9-7-17(19)21)10-11-24-16-6-5-14(2)12-15(16)3/h5-6,12,17,21H,4,7-11,13H2,1-3H3,(H,22,23)/t17-,19-/m0/s1. The minimum atomic E-state index is -1.05. The summed E-state index contributed by atoms with van der Waals surface area (Å²) in [7, 11) is 0. The van der Waals surface area contributed by atoms with Crippen molar-refractivity contribution in [1.29, 1.82) is 0 Å². The maximum Gasteiger partial charge on any atom is 0.313 e. The van der Waals surface area contributed by atoms with Crippen molar-refractivity contribution in [2.75, 3.05) is 26.2 Å². The van der Waals surface area contributed by atoms with Crippen molar-refractivity contribution in [2.24, 2.45) is 5.41 Å². The lowest BCUT2D eigenvalue weighted by Gasteiger charge is -2.43. The largest absolute Gasteiger partial charge is 0.492 e. The second-order valence-corrected chi connectivity index (χ2v) is 6.91. The zero-order chi connectivity index (χ0) is 17.7. The maximum absolute atomic E-state index is 11.8. The smallest absolute Gasteiger partial charge is 0.313 e. The Balaban J connectivity index is 1.94. The van der Waals surface area contributed by atoms with E-state index in [2.05, 4.69) is 17.9 Å². The van der Waals surface area contributed by atoms with E-state index in [4.69, 9.17) is 4.74 Å². The van der Waals surface area contributed by atoms with Crippen LogP contribution in [-0.4, -0.2) is 53.4 Å². The van der Waals surface area contributed by atoms with Gasteiger partial charge in [0.1, 0.15) is 17.8 Å². The molecule has 5 heteroatoms. The van der Waals surface area contributed by atoms with Crippen LogP contribution >= 0.6 is 0 Å². The van der Waals surface area contributed by atoms with Crippen molar-refractivity contribution in [2.45, 2.75) is 46.1 Å². The molecule has 0 bridgehead atoms. The highest BCUT2D eigenvalue weighted by molar-refractivity contribution is 5.76. The second-order valence-electron chi connectivity index (χ2n) is 6.91. The number of hydrogen-bond donors (Lipinski definition) is 2. The Bertz CT molecular complexity index is 574. The van der Waals surface area contributed by atoms with Crippen molar-refractivity contribution in [1.82, 2.24) is 4.90 Å². The molecule has 2 atom stereocenters. The maximum atomic E-state index is 11.8. The number of aliphatic hydroxyl groups excluding tert-OH is 1. The van der Waals surface area contributed by atoms with Gasteiger partial charge in [-0.15, -0.1) is 0 Å². The molecule has 24 heavy (non-hydrogen) atoms. The van der Waals surface area contributed by atoms with Gasteiger partial charge < -0.3 is 14.9 Å². The summed E-state index contributed by atoms with van der Waals surface area (Å²) in [6.07, 6.45) is 0.968. The number of ether oxygens (including phenoxy) is 1. The summed E-state index contributed by atoms with van der Waals surface area (Å²) in [6.45, 7) is 8.30. The van der Waals surface area contributed by atoms with E-state index >= 15 is 0 Å². The number of likely N-dealkylation sites (tertiary alicyclic amines) is 1. The monoisotopic (exact) mass is 335 g/mol. The summed E-state index contributed by atoms with van der Waals surface area (Å²) in [4.78, 5) is 13.9. The second kappa shape index (κ2) is 7.99. The molecule has 1 aromatic rings. The van der Waals surface area contributed by atoms with E-state index in [-0.39, 0.29) is 0 Å². The Morgan fingerprint density at radius 2 is 2.17 bits per heavy atom. The average molecular weight is 335 g/mol. The lowest BCUT2D eigenvalue weighted by atomic mass is 9.74. The third-order valence-corrected chi connectivity index (χ3v) is 4.98. The molecule has 0 aromatic heterocycles. The number of aliphatic carboxylic acids is 1. The van der Waals surface area contributed by atoms with E-state index < -0.39 is 17.5 Å². The molecule has 134 valence electrons. The molecule has 2 N–H and O–H groups in total. The summed E-state index contributed by atoms with van der Waals surface area (Å²) in [5.74, 6) is -0.0208. The molecule has 0 radical (unpaired) electrons. The highest BCUT2D eigenvalue weighted by atomic mass is 16.5. The van der Waals surface area contributed by atoms with Crippen LogP contribution in [0, 0.1) is 19.3 Å². The van der Waals surface area contributed by atoms with E-state index in [1.807, 2.05) is 26.0 Å². The van der Waals surface area contributed by atoms with Crippen molar-refractivity contribution in [3.63, 3.8) is 0 Å². The van der Waals surface area contributed by atoms with Gasteiger partial charge in [-0.05, 0) is 38.3 Å². The Morgan fingerprint density at radius 3 is 2.79 bits per heavy atom. The van der Waals surface area contributed by atoms with E-state index in [1.54, 1.807) is 0 Å². The first-order valence-corrected chi connectivity index (χ1v) is 8.73. The van der Waals surface area contributed by atoms with Crippen molar-refractivity contribution < 1.29 is 19.7 Å². The fourth-order valence-corrected chi connectivity index (χ4v) is 3.61. The molecule has 0 amide bonds. The minimum Gasteiger partial charge on any atom is -0.492 e. The van der Waals surface area contributed by atoms with Crippen LogP contribution in [0.1, 0.15) is 37.3 Å². The van der Waals surface area contributed by atoms with E-state index in [0.29, 0.717) is 39.1 Å². The van der Waals surface area contributed by atoms with Crippen LogP contribution in [0.5, 0.6) is 5.75 Å². The number of rotatable bonds is 7. The topological polar surface area (TPSA) is 70.0 Å². The zero-order valence-electron chi connectivity index (χ0n) is 14.9.